The van der Waals surface area contributed by atoms with Gasteiger partial charge >= 0.3 is 6.03 Å². The lowest BCUT2D eigenvalue weighted by atomic mass is 9.95. The largest absolute Gasteiger partial charge is 0.497 e. The first kappa shape index (κ1) is 24.9. The summed E-state index contributed by atoms with van der Waals surface area (Å²) in [5.74, 6) is 1.25. The van der Waals surface area contributed by atoms with E-state index in [9.17, 15) is 4.79 Å². The maximum absolute atomic E-state index is 14.2. The second-order valence-corrected chi connectivity index (χ2v) is 11.6. The number of thioether (sulfide) groups is 1. The number of methoxy groups -OCH3 is 2. The van der Waals surface area contributed by atoms with Crippen LogP contribution in [0.15, 0.2) is 65.7 Å². The Kier molecular flexibility index (Phi) is 6.84. The molecule has 2 amide bonds. The summed E-state index contributed by atoms with van der Waals surface area (Å²) in [6, 6.07) is 17.8. The molecule has 0 fully saturated rings. The normalized spacial score (nSPS) is 16.2. The molecule has 0 bridgehead atoms. The Morgan fingerprint density at radius 3 is 2.61 bits per heavy atom. The van der Waals surface area contributed by atoms with E-state index in [1.54, 1.807) is 32.0 Å². The molecule has 1 N–H and O–H groups in total. The zero-order valence-electron chi connectivity index (χ0n) is 21.8. The fraction of sp³-hybridized carbons (Fsp3) is 0.300. The summed E-state index contributed by atoms with van der Waals surface area (Å²) in [5.41, 5.74) is 5.47. The molecule has 38 heavy (non-hydrogen) atoms. The quantitative estimate of drug-likeness (QED) is 0.268. The fourth-order valence-corrected chi connectivity index (χ4v) is 7.43. The summed E-state index contributed by atoms with van der Waals surface area (Å²) in [4.78, 5) is 18.9. The minimum absolute atomic E-state index is 0.174. The monoisotopic (exact) mass is 545 g/mol. The third kappa shape index (κ3) is 4.35. The molecule has 6 rings (SSSR count). The topological polar surface area (TPSA) is 55.7 Å². The van der Waals surface area contributed by atoms with Crippen LogP contribution in [0.5, 0.6) is 11.5 Å². The van der Waals surface area contributed by atoms with Gasteiger partial charge in [-0.05, 0) is 79.5 Å². The Hall–Kier alpha value is -3.36. The fourth-order valence-electron chi connectivity index (χ4n) is 5.62. The maximum Gasteiger partial charge on any atom is 0.323 e. The van der Waals surface area contributed by atoms with E-state index in [0.717, 1.165) is 24.1 Å². The van der Waals surface area contributed by atoms with E-state index in [4.69, 9.17) is 9.47 Å². The van der Waals surface area contributed by atoms with E-state index < -0.39 is 0 Å². The number of fused-ring (bicyclic) bond motifs is 5. The number of aryl methyl sites for hydroxylation is 1. The summed E-state index contributed by atoms with van der Waals surface area (Å²) in [7, 11) is 3.22. The van der Waals surface area contributed by atoms with Crippen LogP contribution in [0.25, 0.3) is 5.00 Å². The number of amides is 2. The Balaban J connectivity index is 1.48. The van der Waals surface area contributed by atoms with Gasteiger partial charge in [-0.1, -0.05) is 12.1 Å². The molecule has 0 saturated carbocycles. The SMILES string of the molecule is COc1ccc(OC)c(NC(=O)N2Cc3c(sc4c3CCCC4)-n3cccc3[C@H]2c2ccc(SC)cc2)c1. The van der Waals surface area contributed by atoms with Gasteiger partial charge < -0.3 is 24.3 Å². The van der Waals surface area contributed by atoms with E-state index in [-0.39, 0.29) is 12.1 Å². The predicted octanol–water partition coefficient (Wildman–Crippen LogP) is 7.29. The Bertz CT molecular complexity index is 1470. The number of aromatic nitrogens is 1. The number of carbonyl (C=O) groups is 1. The van der Waals surface area contributed by atoms with Crippen molar-refractivity contribution in [3.63, 3.8) is 0 Å². The van der Waals surface area contributed by atoms with Crippen LogP contribution in [-0.2, 0) is 19.4 Å². The van der Waals surface area contributed by atoms with Crippen LogP contribution in [0.2, 0.25) is 0 Å². The molecule has 2 aromatic carbocycles. The lowest BCUT2D eigenvalue weighted by molar-refractivity contribution is 0.194. The zero-order valence-corrected chi connectivity index (χ0v) is 23.5. The average Bonchev–Trinajstić information content (AvgIpc) is 3.55. The standard InChI is InChI=1S/C30H31N3O3S2/c1-35-20-12-15-26(36-2)24(17-20)31-30(34)33-18-23-22-7-4-5-9-27(22)38-29(23)32-16-6-8-25(32)28(33)19-10-13-21(37-3)14-11-19/h6,8,10-17,28H,4-5,7,9,18H2,1-3H3,(H,31,34)/t28-/m1/s1. The number of hydrogen-bond donors (Lipinski definition) is 1. The summed E-state index contributed by atoms with van der Waals surface area (Å²) < 4.78 is 13.3. The smallest absolute Gasteiger partial charge is 0.323 e. The molecule has 8 heteroatoms. The minimum Gasteiger partial charge on any atom is -0.497 e. The molecule has 4 aromatic rings. The van der Waals surface area contributed by atoms with Gasteiger partial charge in [0.25, 0.3) is 0 Å². The lowest BCUT2D eigenvalue weighted by Crippen LogP contribution is -2.38. The van der Waals surface area contributed by atoms with E-state index in [2.05, 4.69) is 58.7 Å². The van der Waals surface area contributed by atoms with Crippen LogP contribution in [0.1, 0.15) is 46.1 Å². The number of anilines is 1. The molecule has 1 aliphatic carbocycles. The van der Waals surface area contributed by atoms with Crippen molar-refractivity contribution in [3.05, 3.63) is 88.1 Å². The Morgan fingerprint density at radius 1 is 1.03 bits per heavy atom. The number of carbonyl (C=O) groups excluding carboxylic acids is 1. The zero-order chi connectivity index (χ0) is 26.2. The van der Waals surface area contributed by atoms with Crippen molar-refractivity contribution in [3.8, 4) is 16.5 Å². The molecular formula is C30H31N3O3S2. The molecule has 1 atom stereocenters. The van der Waals surface area contributed by atoms with Crippen LogP contribution < -0.4 is 14.8 Å². The third-order valence-electron chi connectivity index (χ3n) is 7.52. The summed E-state index contributed by atoms with van der Waals surface area (Å²) in [6.07, 6.45) is 8.84. The van der Waals surface area contributed by atoms with E-state index in [1.165, 1.54) is 38.7 Å². The number of rotatable bonds is 5. The van der Waals surface area contributed by atoms with Gasteiger partial charge in [-0.2, -0.15) is 0 Å². The number of benzene rings is 2. The van der Waals surface area contributed by atoms with Crippen LogP contribution >= 0.6 is 23.1 Å². The van der Waals surface area contributed by atoms with Crippen LogP contribution in [0, 0.1) is 0 Å². The first-order valence-corrected chi connectivity index (χ1v) is 14.9. The van der Waals surface area contributed by atoms with Gasteiger partial charge in [0.2, 0.25) is 0 Å². The van der Waals surface area contributed by atoms with Gasteiger partial charge in [0.05, 0.1) is 38.2 Å². The molecular weight excluding hydrogens is 514 g/mol. The van der Waals surface area contributed by atoms with Gasteiger partial charge in [-0.3, -0.25) is 0 Å². The molecule has 196 valence electrons. The molecule has 0 unspecified atom stereocenters. The number of thiophene rings is 1. The van der Waals surface area contributed by atoms with E-state index in [1.807, 2.05) is 28.4 Å². The molecule has 0 saturated heterocycles. The van der Waals surface area contributed by atoms with E-state index in [0.29, 0.717) is 23.7 Å². The second kappa shape index (κ2) is 10.4. The van der Waals surface area contributed by atoms with Crippen LogP contribution in [0.4, 0.5) is 10.5 Å². The molecule has 0 spiro atoms. The van der Waals surface area contributed by atoms with Crippen LogP contribution in [0.3, 0.4) is 0 Å². The summed E-state index contributed by atoms with van der Waals surface area (Å²) in [6.45, 7) is 0.538. The van der Waals surface area contributed by atoms with Crippen molar-refractivity contribution >= 4 is 34.8 Å². The molecule has 2 aromatic heterocycles. The van der Waals surface area contributed by atoms with Crippen molar-refractivity contribution in [1.29, 1.82) is 0 Å². The lowest BCUT2D eigenvalue weighted by Gasteiger charge is -2.31. The molecule has 3 heterocycles. The van der Waals surface area contributed by atoms with E-state index >= 15 is 0 Å². The van der Waals surface area contributed by atoms with Crippen molar-refractivity contribution in [2.75, 3.05) is 25.8 Å². The summed E-state index contributed by atoms with van der Waals surface area (Å²) >= 11 is 3.61. The highest BCUT2D eigenvalue weighted by Gasteiger charge is 2.36. The van der Waals surface area contributed by atoms with Crippen molar-refractivity contribution in [2.24, 2.45) is 0 Å². The predicted molar refractivity (Wildman–Crippen MR) is 154 cm³/mol. The van der Waals surface area contributed by atoms with Gasteiger partial charge in [-0.15, -0.1) is 23.1 Å². The number of hydrogen-bond acceptors (Lipinski definition) is 5. The second-order valence-electron chi connectivity index (χ2n) is 9.60. The van der Waals surface area contributed by atoms with Gasteiger partial charge in [0.15, 0.2) is 0 Å². The Labute approximate surface area is 231 Å². The average molecular weight is 546 g/mol. The summed E-state index contributed by atoms with van der Waals surface area (Å²) in [5, 5.41) is 4.40. The highest BCUT2D eigenvalue weighted by atomic mass is 32.2. The Morgan fingerprint density at radius 2 is 1.84 bits per heavy atom. The molecule has 2 aliphatic rings. The third-order valence-corrected chi connectivity index (χ3v) is 9.60. The molecule has 1 aliphatic heterocycles. The number of nitrogens with one attached hydrogen (secondary N) is 1. The van der Waals surface area contributed by atoms with Gasteiger partial charge in [-0.25, -0.2) is 4.79 Å². The van der Waals surface area contributed by atoms with Gasteiger partial charge in [0.1, 0.15) is 16.5 Å². The number of ether oxygens (including phenoxy) is 2. The highest BCUT2D eigenvalue weighted by Crippen LogP contribution is 2.44. The van der Waals surface area contributed by atoms with Crippen molar-refractivity contribution < 1.29 is 14.3 Å². The minimum atomic E-state index is -0.253. The van der Waals surface area contributed by atoms with Gasteiger partial charge in [0, 0.05) is 27.6 Å². The first-order chi connectivity index (χ1) is 18.6. The molecule has 0 radical (unpaired) electrons. The number of nitrogens with zero attached hydrogens (tertiary/aromatic N) is 2. The number of urea groups is 1. The maximum atomic E-state index is 14.2. The first-order valence-electron chi connectivity index (χ1n) is 12.9. The van der Waals surface area contributed by atoms with Crippen molar-refractivity contribution in [2.45, 2.75) is 43.2 Å². The van der Waals surface area contributed by atoms with Crippen LogP contribution in [-0.4, -0.2) is 36.0 Å². The van der Waals surface area contributed by atoms with Crippen molar-refractivity contribution in [1.82, 2.24) is 9.47 Å². The highest BCUT2D eigenvalue weighted by molar-refractivity contribution is 7.98. The molecule has 6 nitrogen and oxygen atoms in total.